The number of hydrogen-bond donors (Lipinski definition) is 2. The van der Waals surface area contributed by atoms with Crippen LogP contribution < -0.4 is 10.1 Å². The van der Waals surface area contributed by atoms with E-state index in [0.717, 1.165) is 52.5 Å². The summed E-state index contributed by atoms with van der Waals surface area (Å²) in [4.78, 5) is 13.6. The van der Waals surface area contributed by atoms with Crippen LogP contribution in [0.3, 0.4) is 0 Å². The van der Waals surface area contributed by atoms with Crippen LogP contribution in [0.5, 0.6) is 11.5 Å². The second-order valence-corrected chi connectivity index (χ2v) is 12.8. The number of amides is 1. The van der Waals surface area contributed by atoms with E-state index in [1.54, 1.807) is 0 Å². The Bertz CT molecular complexity index is 1280. The van der Waals surface area contributed by atoms with Crippen LogP contribution in [0, 0.1) is 5.92 Å². The van der Waals surface area contributed by atoms with Crippen molar-refractivity contribution in [2.24, 2.45) is 5.92 Å². The molecule has 1 fully saturated rings. The minimum absolute atomic E-state index is 0.0275. The van der Waals surface area contributed by atoms with E-state index >= 15 is 0 Å². The Morgan fingerprint density at radius 1 is 0.976 bits per heavy atom. The van der Waals surface area contributed by atoms with Gasteiger partial charge in [-0.3, -0.25) is 4.79 Å². The number of benzene rings is 3. The monoisotopic (exact) mass is 555 g/mol. The first-order valence-corrected chi connectivity index (χ1v) is 15.3. The highest BCUT2D eigenvalue weighted by Gasteiger charge is 2.29. The molecule has 1 saturated carbocycles. The zero-order chi connectivity index (χ0) is 28.8. The van der Waals surface area contributed by atoms with Gasteiger partial charge in [0.25, 0.3) is 0 Å². The highest BCUT2D eigenvalue weighted by atomic mass is 16.5. The fourth-order valence-corrected chi connectivity index (χ4v) is 6.26. The van der Waals surface area contributed by atoms with Gasteiger partial charge < -0.3 is 19.9 Å². The molecule has 1 aliphatic heterocycles. The van der Waals surface area contributed by atoms with E-state index in [0.29, 0.717) is 25.4 Å². The predicted molar refractivity (Wildman–Crippen MR) is 165 cm³/mol. The highest BCUT2D eigenvalue weighted by Crippen LogP contribution is 2.45. The van der Waals surface area contributed by atoms with Gasteiger partial charge in [-0.25, -0.2) is 0 Å². The van der Waals surface area contributed by atoms with Crippen LogP contribution in [-0.4, -0.2) is 30.3 Å². The number of hydrogen-bond acceptors (Lipinski definition) is 4. The molecule has 1 heterocycles. The van der Waals surface area contributed by atoms with Gasteiger partial charge in [0, 0.05) is 35.8 Å². The van der Waals surface area contributed by atoms with Crippen molar-refractivity contribution in [3.8, 4) is 11.5 Å². The number of aryl methyl sites for hydroxylation is 1. The quantitative estimate of drug-likeness (QED) is 0.265. The SMILES string of the molecule is CC(C)(C)c1ccc(CCC(O)COCC2CCCCC2)cc1NC(=O)CC1c2ccccc2Oc2ccccc21. The summed E-state index contributed by atoms with van der Waals surface area (Å²) in [7, 11) is 0. The lowest BCUT2D eigenvalue weighted by atomic mass is 9.84. The molecule has 2 aliphatic rings. The summed E-state index contributed by atoms with van der Waals surface area (Å²) in [5, 5.41) is 13.8. The molecule has 0 saturated heterocycles. The number of para-hydroxylation sites is 2. The van der Waals surface area contributed by atoms with E-state index in [1.807, 2.05) is 36.4 Å². The maximum absolute atomic E-state index is 13.6. The Morgan fingerprint density at radius 3 is 2.29 bits per heavy atom. The summed E-state index contributed by atoms with van der Waals surface area (Å²) in [5.41, 5.74) is 4.97. The van der Waals surface area contributed by atoms with E-state index in [2.05, 4.69) is 56.4 Å². The zero-order valence-corrected chi connectivity index (χ0v) is 24.8. The fourth-order valence-electron chi connectivity index (χ4n) is 6.26. The Kier molecular flexibility index (Phi) is 9.46. The van der Waals surface area contributed by atoms with Crippen LogP contribution in [0.4, 0.5) is 5.69 Å². The molecule has 218 valence electrons. The van der Waals surface area contributed by atoms with E-state index in [1.165, 1.54) is 32.1 Å². The summed E-state index contributed by atoms with van der Waals surface area (Å²) in [6.07, 6.45) is 7.62. The molecule has 5 nitrogen and oxygen atoms in total. The number of rotatable bonds is 10. The number of anilines is 1. The van der Waals surface area contributed by atoms with Crippen molar-refractivity contribution in [1.82, 2.24) is 0 Å². The first-order chi connectivity index (χ1) is 19.8. The lowest BCUT2D eigenvalue weighted by Gasteiger charge is -2.28. The first-order valence-electron chi connectivity index (χ1n) is 15.3. The molecule has 1 aliphatic carbocycles. The summed E-state index contributed by atoms with van der Waals surface area (Å²) in [5.74, 6) is 2.15. The van der Waals surface area contributed by atoms with Crippen LogP contribution >= 0.6 is 0 Å². The second kappa shape index (κ2) is 13.2. The molecule has 3 aromatic rings. The lowest BCUT2D eigenvalue weighted by Crippen LogP contribution is -2.22. The van der Waals surface area contributed by atoms with Crippen LogP contribution in [0.15, 0.2) is 66.7 Å². The molecule has 0 aromatic heterocycles. The molecule has 1 unspecified atom stereocenters. The maximum atomic E-state index is 13.6. The standard InChI is InChI=1S/C36H45NO4/c1-36(2,3)31-20-18-25(17-19-27(38)24-40-23-26-11-5-4-6-12-26)21-32(31)37-35(39)22-30-28-13-7-9-15-33(28)41-34-16-10-8-14-29(30)34/h7-10,13-16,18,20-21,26-27,30,38H,4-6,11-12,17,19,22-24H2,1-3H3,(H,37,39). The van der Waals surface area contributed by atoms with Crippen LogP contribution in [-0.2, 0) is 21.4 Å². The minimum atomic E-state index is -0.493. The van der Waals surface area contributed by atoms with Gasteiger partial charge in [0.05, 0.1) is 12.7 Å². The van der Waals surface area contributed by atoms with Gasteiger partial charge in [0.1, 0.15) is 11.5 Å². The van der Waals surface area contributed by atoms with Crippen LogP contribution in [0.1, 0.15) is 93.9 Å². The Labute approximate surface area is 245 Å². The van der Waals surface area contributed by atoms with Gasteiger partial charge in [0.15, 0.2) is 0 Å². The van der Waals surface area contributed by atoms with Gasteiger partial charge >= 0.3 is 0 Å². The molecule has 2 N–H and O–H groups in total. The lowest BCUT2D eigenvalue weighted by molar-refractivity contribution is -0.116. The molecule has 41 heavy (non-hydrogen) atoms. The second-order valence-electron chi connectivity index (χ2n) is 12.8. The van der Waals surface area contributed by atoms with E-state index < -0.39 is 6.10 Å². The van der Waals surface area contributed by atoms with Gasteiger partial charge in [-0.2, -0.15) is 0 Å². The molecule has 1 atom stereocenters. The van der Waals surface area contributed by atoms with Crippen molar-refractivity contribution in [3.05, 3.63) is 89.0 Å². The number of ether oxygens (including phenoxy) is 2. The predicted octanol–water partition coefficient (Wildman–Crippen LogP) is 8.14. The largest absolute Gasteiger partial charge is 0.457 e. The van der Waals surface area contributed by atoms with E-state index in [-0.39, 0.29) is 17.2 Å². The minimum Gasteiger partial charge on any atom is -0.457 e. The third-order valence-corrected chi connectivity index (χ3v) is 8.52. The topological polar surface area (TPSA) is 67.8 Å². The molecule has 5 rings (SSSR count). The number of fused-ring (bicyclic) bond motifs is 2. The molecular formula is C36H45NO4. The highest BCUT2D eigenvalue weighted by molar-refractivity contribution is 5.93. The maximum Gasteiger partial charge on any atom is 0.225 e. The number of aliphatic hydroxyl groups excluding tert-OH is 1. The Morgan fingerprint density at radius 2 is 1.63 bits per heavy atom. The number of carbonyl (C=O) groups excluding carboxylic acids is 1. The van der Waals surface area contributed by atoms with Crippen LogP contribution in [0.2, 0.25) is 0 Å². The van der Waals surface area contributed by atoms with Crippen LogP contribution in [0.25, 0.3) is 0 Å². The van der Waals surface area contributed by atoms with Crippen molar-refractivity contribution < 1.29 is 19.4 Å². The van der Waals surface area contributed by atoms with E-state index in [9.17, 15) is 9.90 Å². The smallest absolute Gasteiger partial charge is 0.225 e. The Balaban J connectivity index is 1.24. The average Bonchev–Trinajstić information content (AvgIpc) is 2.96. The first kappa shape index (κ1) is 29.3. The van der Waals surface area contributed by atoms with Crippen molar-refractivity contribution in [1.29, 1.82) is 0 Å². The molecule has 0 radical (unpaired) electrons. The third-order valence-electron chi connectivity index (χ3n) is 8.52. The summed E-state index contributed by atoms with van der Waals surface area (Å²) < 4.78 is 12.0. The molecule has 1 amide bonds. The fraction of sp³-hybridized carbons (Fsp3) is 0.472. The number of aliphatic hydroxyl groups is 1. The van der Waals surface area contributed by atoms with E-state index in [4.69, 9.17) is 9.47 Å². The summed E-state index contributed by atoms with van der Waals surface area (Å²) >= 11 is 0. The van der Waals surface area contributed by atoms with Crippen molar-refractivity contribution in [2.45, 2.75) is 89.6 Å². The molecule has 0 spiro atoms. The summed E-state index contributed by atoms with van der Waals surface area (Å²) in [6, 6.07) is 22.3. The normalized spacial score (nSPS) is 16.4. The van der Waals surface area contributed by atoms with Crippen molar-refractivity contribution >= 4 is 11.6 Å². The van der Waals surface area contributed by atoms with Gasteiger partial charge in [0.2, 0.25) is 5.91 Å². The van der Waals surface area contributed by atoms with Gasteiger partial charge in [-0.1, -0.05) is 88.6 Å². The third kappa shape index (κ3) is 7.58. The molecule has 5 heteroatoms. The van der Waals surface area contributed by atoms with Gasteiger partial charge in [-0.05, 0) is 66.3 Å². The number of carbonyl (C=O) groups is 1. The van der Waals surface area contributed by atoms with Gasteiger partial charge in [-0.15, -0.1) is 0 Å². The average molecular weight is 556 g/mol. The summed E-state index contributed by atoms with van der Waals surface area (Å²) in [6.45, 7) is 7.63. The molecule has 0 bridgehead atoms. The molecular weight excluding hydrogens is 510 g/mol. The Hall–Kier alpha value is -3.15. The van der Waals surface area contributed by atoms with Crippen molar-refractivity contribution in [2.75, 3.05) is 18.5 Å². The zero-order valence-electron chi connectivity index (χ0n) is 24.8. The number of nitrogens with one attached hydrogen (secondary N) is 1. The van der Waals surface area contributed by atoms with Crippen molar-refractivity contribution in [3.63, 3.8) is 0 Å². The molecule has 3 aromatic carbocycles.